The maximum Gasteiger partial charge on any atom is 0.274 e. The fraction of sp³-hybridized carbons (Fsp3) is 0.292. The lowest BCUT2D eigenvalue weighted by molar-refractivity contribution is 0.0674. The third kappa shape index (κ3) is 5.95. The molecule has 1 atom stereocenters. The van der Waals surface area contributed by atoms with Gasteiger partial charge < -0.3 is 4.90 Å². The lowest BCUT2D eigenvalue weighted by atomic mass is 10.1. The summed E-state index contributed by atoms with van der Waals surface area (Å²) in [7, 11) is -3.24. The fourth-order valence-electron chi connectivity index (χ4n) is 3.80. The second-order valence-electron chi connectivity index (χ2n) is 8.18. The number of rotatable bonds is 7. The second-order valence-corrected chi connectivity index (χ2v) is 11.8. The Morgan fingerprint density at radius 2 is 1.94 bits per heavy atom. The third-order valence-electron chi connectivity index (χ3n) is 5.72. The lowest BCUT2D eigenvalue weighted by Crippen LogP contribution is -2.41. The van der Waals surface area contributed by atoms with E-state index in [-0.39, 0.29) is 34.6 Å². The molecule has 4 rings (SSSR count). The van der Waals surface area contributed by atoms with Crippen LogP contribution in [0, 0.1) is 12.7 Å². The van der Waals surface area contributed by atoms with Gasteiger partial charge in [-0.25, -0.2) is 22.8 Å². The van der Waals surface area contributed by atoms with Gasteiger partial charge in [0.1, 0.15) is 5.82 Å². The summed E-state index contributed by atoms with van der Waals surface area (Å²) in [6, 6.07) is 13.2. The molecule has 0 aliphatic carbocycles. The summed E-state index contributed by atoms with van der Waals surface area (Å²) in [5, 5.41) is 0.493. The van der Waals surface area contributed by atoms with Crippen LogP contribution in [0.15, 0.2) is 59.9 Å². The summed E-state index contributed by atoms with van der Waals surface area (Å²) >= 11 is 7.70. The van der Waals surface area contributed by atoms with Crippen molar-refractivity contribution < 1.29 is 17.6 Å². The zero-order chi connectivity index (χ0) is 24.3. The quantitative estimate of drug-likeness (QED) is 0.332. The molecule has 34 heavy (non-hydrogen) atoms. The van der Waals surface area contributed by atoms with E-state index >= 15 is 0 Å². The van der Waals surface area contributed by atoms with Gasteiger partial charge in [0.15, 0.2) is 20.7 Å². The maximum absolute atomic E-state index is 13.6. The zero-order valence-electron chi connectivity index (χ0n) is 18.4. The highest BCUT2D eigenvalue weighted by Crippen LogP contribution is 2.27. The van der Waals surface area contributed by atoms with Gasteiger partial charge >= 0.3 is 0 Å². The van der Waals surface area contributed by atoms with Gasteiger partial charge in [0, 0.05) is 18.3 Å². The van der Waals surface area contributed by atoms with E-state index in [0.717, 1.165) is 11.1 Å². The first-order chi connectivity index (χ1) is 16.2. The molecule has 2 heterocycles. The first kappa shape index (κ1) is 24.6. The van der Waals surface area contributed by atoms with Gasteiger partial charge in [0.2, 0.25) is 0 Å². The molecule has 0 spiro atoms. The van der Waals surface area contributed by atoms with E-state index in [1.54, 1.807) is 12.1 Å². The Morgan fingerprint density at radius 1 is 1.21 bits per heavy atom. The van der Waals surface area contributed by atoms with Crippen LogP contribution >= 0.6 is 23.4 Å². The van der Waals surface area contributed by atoms with E-state index in [2.05, 4.69) is 9.97 Å². The molecular formula is C24H23ClFN3O3S2. The molecule has 1 fully saturated rings. The number of hydrogen-bond acceptors (Lipinski definition) is 6. The number of hydrogen-bond donors (Lipinski definition) is 0. The van der Waals surface area contributed by atoms with Crippen LogP contribution in [0.25, 0.3) is 0 Å². The van der Waals surface area contributed by atoms with E-state index < -0.39 is 21.8 Å². The molecule has 6 nitrogen and oxygen atoms in total. The fourth-order valence-corrected chi connectivity index (χ4v) is 6.59. The first-order valence-electron chi connectivity index (χ1n) is 10.7. The van der Waals surface area contributed by atoms with Crippen molar-refractivity contribution in [2.45, 2.75) is 36.8 Å². The summed E-state index contributed by atoms with van der Waals surface area (Å²) in [5.74, 6) is -0.352. The van der Waals surface area contributed by atoms with Crippen molar-refractivity contribution in [3.8, 4) is 0 Å². The molecule has 1 aliphatic heterocycles. The summed E-state index contributed by atoms with van der Waals surface area (Å²) in [6.07, 6.45) is 1.72. The number of aromatic nitrogens is 2. The minimum Gasteiger partial charge on any atom is -0.329 e. The van der Waals surface area contributed by atoms with Gasteiger partial charge in [0.05, 0.1) is 22.7 Å². The second kappa shape index (κ2) is 10.4. The van der Waals surface area contributed by atoms with Gasteiger partial charge in [-0.15, -0.1) is 0 Å². The average Bonchev–Trinajstić information content (AvgIpc) is 3.18. The van der Waals surface area contributed by atoms with Crippen LogP contribution in [-0.4, -0.2) is 46.7 Å². The minimum absolute atomic E-state index is 0.0138. The molecule has 1 aliphatic rings. The molecule has 1 saturated heterocycles. The number of carbonyl (C=O) groups is 1. The first-order valence-corrected chi connectivity index (χ1v) is 13.9. The number of nitrogens with zero attached hydrogens (tertiary/aromatic N) is 3. The average molecular weight is 520 g/mol. The summed E-state index contributed by atoms with van der Waals surface area (Å²) in [4.78, 5) is 23.7. The monoisotopic (exact) mass is 519 g/mol. The van der Waals surface area contributed by atoms with Crippen molar-refractivity contribution in [3.05, 3.63) is 88.0 Å². The molecule has 3 aromatic rings. The summed E-state index contributed by atoms with van der Waals surface area (Å²) < 4.78 is 37.6. The van der Waals surface area contributed by atoms with Gasteiger partial charge in [-0.3, -0.25) is 4.79 Å². The van der Waals surface area contributed by atoms with E-state index in [0.29, 0.717) is 22.9 Å². The van der Waals surface area contributed by atoms with Gasteiger partial charge in [0.25, 0.3) is 5.91 Å². The van der Waals surface area contributed by atoms with E-state index in [1.165, 1.54) is 35.0 Å². The molecule has 10 heteroatoms. The van der Waals surface area contributed by atoms with Gasteiger partial charge in [-0.05, 0) is 42.2 Å². The van der Waals surface area contributed by atoms with Gasteiger partial charge in [-0.1, -0.05) is 59.8 Å². The van der Waals surface area contributed by atoms with Crippen LogP contribution in [0.5, 0.6) is 0 Å². The Balaban J connectivity index is 1.60. The molecule has 178 valence electrons. The number of benzene rings is 2. The highest BCUT2D eigenvalue weighted by Gasteiger charge is 2.36. The highest BCUT2D eigenvalue weighted by atomic mass is 35.5. The maximum atomic E-state index is 13.6. The SMILES string of the molecule is Cc1ccccc1CSc1ncc(Cl)c(C(=O)N(Cc2ccc(F)cc2)C2CCS(=O)(=O)C2)n1. The highest BCUT2D eigenvalue weighted by molar-refractivity contribution is 7.98. The smallest absolute Gasteiger partial charge is 0.274 e. The normalized spacial score (nSPS) is 17.0. The largest absolute Gasteiger partial charge is 0.329 e. The van der Waals surface area contributed by atoms with Crippen LogP contribution in [0.2, 0.25) is 5.02 Å². The Bertz CT molecular complexity index is 1300. The summed E-state index contributed by atoms with van der Waals surface area (Å²) in [6.45, 7) is 2.14. The van der Waals surface area contributed by atoms with Crippen molar-refractivity contribution in [1.82, 2.24) is 14.9 Å². The lowest BCUT2D eigenvalue weighted by Gasteiger charge is -2.28. The Morgan fingerprint density at radius 3 is 2.62 bits per heavy atom. The standard InChI is InChI=1S/C24H23ClFN3O3S2/c1-16-4-2-3-5-18(16)14-33-24-27-12-21(25)22(28-24)23(30)29(20-10-11-34(31,32)15-20)13-17-6-8-19(26)9-7-17/h2-9,12,20H,10-11,13-15H2,1H3. The zero-order valence-corrected chi connectivity index (χ0v) is 20.8. The molecular weight excluding hydrogens is 497 g/mol. The Hall–Kier alpha value is -2.49. The van der Waals surface area contributed by atoms with Crippen LogP contribution in [-0.2, 0) is 22.1 Å². The molecule has 1 aromatic heterocycles. The number of amides is 1. The van der Waals surface area contributed by atoms with Crippen molar-refractivity contribution >= 4 is 39.1 Å². The summed E-state index contributed by atoms with van der Waals surface area (Å²) in [5.41, 5.74) is 2.98. The van der Waals surface area contributed by atoms with Crippen molar-refractivity contribution in [1.29, 1.82) is 0 Å². The third-order valence-corrected chi connectivity index (χ3v) is 8.66. The van der Waals surface area contributed by atoms with Crippen LogP contribution in [0.3, 0.4) is 0 Å². The number of aryl methyl sites for hydroxylation is 1. The predicted molar refractivity (Wildman–Crippen MR) is 131 cm³/mol. The van der Waals surface area contributed by atoms with E-state index in [1.807, 2.05) is 31.2 Å². The predicted octanol–water partition coefficient (Wildman–Crippen LogP) is 4.70. The molecule has 2 aromatic carbocycles. The molecule has 1 unspecified atom stereocenters. The van der Waals surface area contributed by atoms with Crippen molar-refractivity contribution in [2.24, 2.45) is 0 Å². The van der Waals surface area contributed by atoms with Crippen LogP contribution in [0.1, 0.15) is 33.6 Å². The number of halogens is 2. The molecule has 0 bridgehead atoms. The van der Waals surface area contributed by atoms with Crippen molar-refractivity contribution in [2.75, 3.05) is 11.5 Å². The number of carbonyl (C=O) groups excluding carboxylic acids is 1. The minimum atomic E-state index is -3.24. The number of thioether (sulfide) groups is 1. The van der Waals surface area contributed by atoms with E-state index in [9.17, 15) is 17.6 Å². The van der Waals surface area contributed by atoms with Gasteiger partial charge in [-0.2, -0.15) is 0 Å². The number of sulfone groups is 1. The van der Waals surface area contributed by atoms with E-state index in [4.69, 9.17) is 11.6 Å². The topological polar surface area (TPSA) is 80.2 Å². The van der Waals surface area contributed by atoms with Crippen LogP contribution < -0.4 is 0 Å². The molecule has 0 saturated carbocycles. The van der Waals surface area contributed by atoms with Crippen LogP contribution in [0.4, 0.5) is 4.39 Å². The molecule has 0 N–H and O–H groups in total. The molecule has 0 radical (unpaired) electrons. The molecule has 1 amide bonds. The Labute approximate surface area is 207 Å². The van der Waals surface area contributed by atoms with Crippen molar-refractivity contribution in [3.63, 3.8) is 0 Å². The Kier molecular flexibility index (Phi) is 7.54.